The number of carbonyl (C=O) groups excluding carboxylic acids is 1. The molecule has 1 aromatic heterocycles. The van der Waals surface area contributed by atoms with E-state index in [0.717, 1.165) is 67.7 Å². The number of hydrogen-bond acceptors (Lipinski definition) is 7. The van der Waals surface area contributed by atoms with Gasteiger partial charge in [-0.05, 0) is 24.1 Å². The normalized spacial score (nSPS) is 19.2. The Hall–Kier alpha value is -2.65. The summed E-state index contributed by atoms with van der Waals surface area (Å²) in [6.45, 7) is 4.93. The molecule has 0 aliphatic carbocycles. The van der Waals surface area contributed by atoms with Crippen molar-refractivity contribution in [2.75, 3.05) is 40.5 Å². The largest absolute Gasteiger partial charge is 0.497 e. The zero-order valence-corrected chi connectivity index (χ0v) is 17.6. The standard InChI is InChI=1S/C21H29N5O4/c1-28-17-9-15(10-18(11-17)29-2)13-25-5-3-19-23-24-20(26(19)7-6-25)12-22-21(27)16-4-8-30-14-16/h9-11,16H,3-8,12-14H2,1-2H3,(H,22,27). The number of hydrogen-bond donors (Lipinski definition) is 1. The van der Waals surface area contributed by atoms with E-state index in [1.54, 1.807) is 14.2 Å². The van der Waals surface area contributed by atoms with Gasteiger partial charge in [0, 0.05) is 45.3 Å². The zero-order chi connectivity index (χ0) is 20.9. The molecule has 2 aliphatic rings. The first-order chi connectivity index (χ1) is 14.7. The highest BCUT2D eigenvalue weighted by Gasteiger charge is 2.24. The van der Waals surface area contributed by atoms with Crippen LogP contribution in [0, 0.1) is 5.92 Å². The van der Waals surface area contributed by atoms with Crippen LogP contribution in [0.25, 0.3) is 0 Å². The smallest absolute Gasteiger partial charge is 0.225 e. The number of rotatable bonds is 7. The third-order valence-electron chi connectivity index (χ3n) is 5.73. The van der Waals surface area contributed by atoms with Crippen LogP contribution in [0.3, 0.4) is 0 Å². The Bertz CT molecular complexity index is 856. The number of nitrogens with zero attached hydrogens (tertiary/aromatic N) is 4. The maximum Gasteiger partial charge on any atom is 0.225 e. The first-order valence-corrected chi connectivity index (χ1v) is 10.4. The maximum absolute atomic E-state index is 12.3. The van der Waals surface area contributed by atoms with Crippen LogP contribution in [0.15, 0.2) is 18.2 Å². The van der Waals surface area contributed by atoms with Gasteiger partial charge < -0.3 is 24.1 Å². The van der Waals surface area contributed by atoms with Crippen LogP contribution in [0.2, 0.25) is 0 Å². The van der Waals surface area contributed by atoms with Gasteiger partial charge in [-0.3, -0.25) is 9.69 Å². The lowest BCUT2D eigenvalue weighted by Crippen LogP contribution is -2.32. The number of aromatic nitrogens is 3. The molecule has 1 fully saturated rings. The molecule has 1 N–H and O–H groups in total. The van der Waals surface area contributed by atoms with Crippen molar-refractivity contribution in [3.05, 3.63) is 35.4 Å². The molecular weight excluding hydrogens is 386 g/mol. The van der Waals surface area contributed by atoms with Crippen molar-refractivity contribution in [2.45, 2.75) is 32.5 Å². The van der Waals surface area contributed by atoms with E-state index in [0.29, 0.717) is 19.8 Å². The van der Waals surface area contributed by atoms with E-state index in [9.17, 15) is 4.79 Å². The van der Waals surface area contributed by atoms with Crippen molar-refractivity contribution in [1.82, 2.24) is 25.0 Å². The van der Waals surface area contributed by atoms with Crippen LogP contribution < -0.4 is 14.8 Å². The summed E-state index contributed by atoms with van der Waals surface area (Å²) in [5, 5.41) is 11.7. The van der Waals surface area contributed by atoms with E-state index < -0.39 is 0 Å². The molecule has 0 bridgehead atoms. The number of nitrogens with one attached hydrogen (secondary N) is 1. The van der Waals surface area contributed by atoms with Crippen LogP contribution in [-0.2, 0) is 35.6 Å². The van der Waals surface area contributed by atoms with Gasteiger partial charge in [-0.1, -0.05) is 0 Å². The summed E-state index contributed by atoms with van der Waals surface area (Å²) < 4.78 is 18.2. The lowest BCUT2D eigenvalue weighted by Gasteiger charge is -2.20. The number of benzene rings is 1. The Labute approximate surface area is 176 Å². The number of carbonyl (C=O) groups is 1. The Kier molecular flexibility index (Phi) is 6.49. The van der Waals surface area contributed by atoms with Crippen molar-refractivity contribution in [2.24, 2.45) is 5.92 Å². The van der Waals surface area contributed by atoms with Gasteiger partial charge in [-0.25, -0.2) is 0 Å². The molecule has 1 saturated heterocycles. The summed E-state index contributed by atoms with van der Waals surface area (Å²) in [4.78, 5) is 14.6. The second-order valence-corrected chi connectivity index (χ2v) is 7.71. The molecule has 3 heterocycles. The molecule has 2 aromatic rings. The highest BCUT2D eigenvalue weighted by Crippen LogP contribution is 2.24. The molecule has 1 unspecified atom stereocenters. The summed E-state index contributed by atoms with van der Waals surface area (Å²) >= 11 is 0. The Morgan fingerprint density at radius 2 is 1.97 bits per heavy atom. The predicted molar refractivity (Wildman–Crippen MR) is 109 cm³/mol. The predicted octanol–water partition coefficient (Wildman–Crippen LogP) is 1.01. The van der Waals surface area contributed by atoms with E-state index in [4.69, 9.17) is 14.2 Å². The van der Waals surface area contributed by atoms with E-state index in [1.165, 1.54) is 0 Å². The van der Waals surface area contributed by atoms with E-state index in [-0.39, 0.29) is 11.8 Å². The minimum atomic E-state index is -0.0492. The second-order valence-electron chi connectivity index (χ2n) is 7.71. The van der Waals surface area contributed by atoms with Crippen LogP contribution in [-0.4, -0.2) is 66.1 Å². The van der Waals surface area contributed by atoms with Crippen LogP contribution in [0.5, 0.6) is 11.5 Å². The van der Waals surface area contributed by atoms with E-state index >= 15 is 0 Å². The van der Waals surface area contributed by atoms with E-state index in [2.05, 4.69) is 25.0 Å². The fraction of sp³-hybridized carbons (Fsp3) is 0.571. The average molecular weight is 415 g/mol. The van der Waals surface area contributed by atoms with Crippen molar-refractivity contribution < 1.29 is 19.0 Å². The Morgan fingerprint density at radius 3 is 2.67 bits per heavy atom. The van der Waals surface area contributed by atoms with Gasteiger partial charge in [0.2, 0.25) is 5.91 Å². The topological polar surface area (TPSA) is 90.7 Å². The van der Waals surface area contributed by atoms with Gasteiger partial charge >= 0.3 is 0 Å². The average Bonchev–Trinajstić information content (AvgIpc) is 3.40. The monoisotopic (exact) mass is 415 g/mol. The Morgan fingerprint density at radius 1 is 1.17 bits per heavy atom. The van der Waals surface area contributed by atoms with Crippen molar-refractivity contribution in [3.63, 3.8) is 0 Å². The van der Waals surface area contributed by atoms with Gasteiger partial charge in [-0.2, -0.15) is 0 Å². The minimum Gasteiger partial charge on any atom is -0.497 e. The van der Waals surface area contributed by atoms with Crippen molar-refractivity contribution in [1.29, 1.82) is 0 Å². The van der Waals surface area contributed by atoms with Crippen LogP contribution in [0.1, 0.15) is 23.6 Å². The number of methoxy groups -OCH3 is 2. The van der Waals surface area contributed by atoms with Crippen molar-refractivity contribution in [3.8, 4) is 11.5 Å². The third kappa shape index (κ3) is 4.73. The first-order valence-electron chi connectivity index (χ1n) is 10.4. The molecule has 4 rings (SSSR count). The van der Waals surface area contributed by atoms with Gasteiger partial charge in [0.25, 0.3) is 0 Å². The quantitative estimate of drug-likeness (QED) is 0.722. The molecule has 0 saturated carbocycles. The molecule has 1 atom stereocenters. The summed E-state index contributed by atoms with van der Waals surface area (Å²) in [6.07, 6.45) is 1.60. The van der Waals surface area contributed by atoms with Crippen LogP contribution >= 0.6 is 0 Å². The SMILES string of the molecule is COc1cc(CN2CCc3nnc(CNC(=O)C4CCOC4)n3CC2)cc(OC)c1. The molecular formula is C21H29N5O4. The Balaban J connectivity index is 1.36. The minimum absolute atomic E-state index is 0.0343. The fourth-order valence-corrected chi connectivity index (χ4v) is 3.98. The lowest BCUT2D eigenvalue weighted by molar-refractivity contribution is -0.125. The number of amides is 1. The highest BCUT2D eigenvalue weighted by atomic mass is 16.5. The number of fused-ring (bicyclic) bond motifs is 1. The second kappa shape index (κ2) is 9.44. The summed E-state index contributed by atoms with van der Waals surface area (Å²) in [5.74, 6) is 3.35. The van der Waals surface area contributed by atoms with Crippen molar-refractivity contribution >= 4 is 5.91 Å². The molecule has 9 heteroatoms. The first kappa shape index (κ1) is 20.6. The number of ether oxygens (including phenoxy) is 3. The molecule has 1 aromatic carbocycles. The molecule has 162 valence electrons. The maximum atomic E-state index is 12.3. The van der Waals surface area contributed by atoms with Gasteiger partial charge in [0.15, 0.2) is 5.82 Å². The molecule has 9 nitrogen and oxygen atoms in total. The highest BCUT2D eigenvalue weighted by molar-refractivity contribution is 5.78. The molecule has 30 heavy (non-hydrogen) atoms. The molecule has 0 radical (unpaired) electrons. The van der Waals surface area contributed by atoms with Gasteiger partial charge in [0.1, 0.15) is 17.3 Å². The lowest BCUT2D eigenvalue weighted by atomic mass is 10.1. The van der Waals surface area contributed by atoms with Gasteiger partial charge in [-0.15, -0.1) is 10.2 Å². The summed E-state index contributed by atoms with van der Waals surface area (Å²) in [6, 6.07) is 5.97. The third-order valence-corrected chi connectivity index (χ3v) is 5.73. The van der Waals surface area contributed by atoms with Crippen LogP contribution in [0.4, 0.5) is 0 Å². The molecule has 0 spiro atoms. The molecule has 2 aliphatic heterocycles. The van der Waals surface area contributed by atoms with E-state index in [1.807, 2.05) is 18.2 Å². The zero-order valence-electron chi connectivity index (χ0n) is 17.6. The van der Waals surface area contributed by atoms with Gasteiger partial charge in [0.05, 0.1) is 33.3 Å². The summed E-state index contributed by atoms with van der Waals surface area (Å²) in [7, 11) is 3.33. The summed E-state index contributed by atoms with van der Waals surface area (Å²) in [5.41, 5.74) is 1.15. The fourth-order valence-electron chi connectivity index (χ4n) is 3.98. The molecule has 1 amide bonds.